The third-order valence-electron chi connectivity index (χ3n) is 5.52. The van der Waals surface area contributed by atoms with E-state index in [0.717, 1.165) is 46.6 Å². The summed E-state index contributed by atoms with van der Waals surface area (Å²) >= 11 is 1.67. The van der Waals surface area contributed by atoms with Crippen LogP contribution in [0.5, 0.6) is 5.75 Å². The summed E-state index contributed by atoms with van der Waals surface area (Å²) in [6.07, 6.45) is 3.92. The molecule has 2 aromatic carbocycles. The Bertz CT molecular complexity index is 1050. The Hall–Kier alpha value is -2.80. The molecule has 0 radical (unpaired) electrons. The molecule has 0 aliphatic carbocycles. The lowest BCUT2D eigenvalue weighted by Gasteiger charge is -2.29. The molecule has 30 heavy (non-hydrogen) atoms. The van der Waals surface area contributed by atoms with Gasteiger partial charge in [0.2, 0.25) is 5.16 Å². The van der Waals surface area contributed by atoms with Gasteiger partial charge in [0.05, 0.1) is 17.9 Å². The van der Waals surface area contributed by atoms with Crippen LogP contribution < -0.4 is 9.64 Å². The van der Waals surface area contributed by atoms with E-state index in [1.54, 1.807) is 11.8 Å². The molecule has 0 N–H and O–H groups in total. The van der Waals surface area contributed by atoms with E-state index in [4.69, 9.17) is 9.84 Å². The number of para-hydroxylation sites is 1. The van der Waals surface area contributed by atoms with Gasteiger partial charge in [0.1, 0.15) is 5.75 Å². The van der Waals surface area contributed by atoms with Crippen molar-refractivity contribution in [2.45, 2.75) is 31.3 Å². The summed E-state index contributed by atoms with van der Waals surface area (Å²) in [6, 6.07) is 16.7. The third kappa shape index (κ3) is 3.69. The lowest BCUT2D eigenvalue weighted by Crippen LogP contribution is -2.29. The number of hydrogen-bond donors (Lipinski definition) is 0. The van der Waals surface area contributed by atoms with Crippen LogP contribution in [0.25, 0.3) is 11.4 Å². The van der Waals surface area contributed by atoms with E-state index in [-0.39, 0.29) is 0 Å². The minimum atomic E-state index is 0.602. The fraction of sp³-hybridized carbons (Fsp3) is 0.348. The maximum Gasteiger partial charge on any atom is 0.212 e. The van der Waals surface area contributed by atoms with Crippen molar-refractivity contribution in [2.24, 2.45) is 5.10 Å². The maximum atomic E-state index is 5.79. The first kappa shape index (κ1) is 19.2. The minimum Gasteiger partial charge on any atom is -0.493 e. The molecule has 1 fully saturated rings. The molecule has 7 heteroatoms. The second kappa shape index (κ2) is 8.52. The summed E-state index contributed by atoms with van der Waals surface area (Å²) in [4.78, 5) is 2.48. The van der Waals surface area contributed by atoms with Crippen molar-refractivity contribution in [3.8, 4) is 17.1 Å². The van der Waals surface area contributed by atoms with Crippen LogP contribution in [0.3, 0.4) is 0 Å². The Morgan fingerprint density at radius 3 is 2.57 bits per heavy atom. The van der Waals surface area contributed by atoms with Crippen molar-refractivity contribution >= 4 is 23.2 Å². The number of rotatable bonds is 5. The minimum absolute atomic E-state index is 0.602. The van der Waals surface area contributed by atoms with Gasteiger partial charge in [0.25, 0.3) is 0 Å². The van der Waals surface area contributed by atoms with Gasteiger partial charge in [-0.3, -0.25) is 0 Å². The van der Waals surface area contributed by atoms with E-state index in [9.17, 15) is 0 Å². The van der Waals surface area contributed by atoms with E-state index < -0.39 is 0 Å². The highest BCUT2D eigenvalue weighted by molar-refractivity contribution is 7.99. The van der Waals surface area contributed by atoms with Crippen LogP contribution in [-0.2, 0) is 0 Å². The van der Waals surface area contributed by atoms with Gasteiger partial charge in [-0.05, 0) is 56.0 Å². The van der Waals surface area contributed by atoms with E-state index in [1.165, 1.54) is 24.9 Å². The van der Waals surface area contributed by atoms with Gasteiger partial charge in [0, 0.05) is 24.5 Å². The predicted octanol–water partition coefficient (Wildman–Crippen LogP) is 4.69. The van der Waals surface area contributed by atoms with Crippen LogP contribution in [0.1, 0.15) is 31.7 Å². The fourth-order valence-electron chi connectivity index (χ4n) is 3.99. The monoisotopic (exact) mass is 419 g/mol. The molecular weight excluding hydrogens is 394 g/mol. The number of hydrogen-bond acceptors (Lipinski definition) is 6. The van der Waals surface area contributed by atoms with Crippen LogP contribution in [0, 0.1) is 0 Å². The number of piperidine rings is 1. The van der Waals surface area contributed by atoms with Crippen molar-refractivity contribution < 1.29 is 4.74 Å². The van der Waals surface area contributed by atoms with Gasteiger partial charge in [-0.1, -0.05) is 36.0 Å². The Morgan fingerprint density at radius 2 is 1.77 bits per heavy atom. The number of anilines is 1. The maximum absolute atomic E-state index is 5.79. The number of fused-ring (bicyclic) bond motifs is 1. The van der Waals surface area contributed by atoms with Gasteiger partial charge in [0.15, 0.2) is 5.82 Å². The SMILES string of the molecule is CCOc1ccccc1-c1nnc2n1N=C(c1ccc(N3CCCCC3)cc1)CS2. The Labute approximate surface area is 181 Å². The van der Waals surface area contributed by atoms with Crippen LogP contribution in [0.2, 0.25) is 0 Å². The molecule has 1 saturated heterocycles. The highest BCUT2D eigenvalue weighted by Gasteiger charge is 2.22. The molecule has 2 aliphatic heterocycles. The summed E-state index contributed by atoms with van der Waals surface area (Å²) in [5.41, 5.74) is 4.39. The summed E-state index contributed by atoms with van der Waals surface area (Å²) in [6.45, 7) is 4.89. The molecule has 0 saturated carbocycles. The van der Waals surface area contributed by atoms with E-state index in [2.05, 4.69) is 39.4 Å². The van der Waals surface area contributed by atoms with Gasteiger partial charge in [-0.15, -0.1) is 10.2 Å². The molecule has 154 valence electrons. The average Bonchev–Trinajstić information content (AvgIpc) is 3.23. The number of nitrogens with zero attached hydrogens (tertiary/aromatic N) is 5. The number of benzene rings is 2. The zero-order valence-electron chi connectivity index (χ0n) is 17.1. The molecule has 6 nitrogen and oxygen atoms in total. The second-order valence-corrected chi connectivity index (χ2v) is 8.42. The lowest BCUT2D eigenvalue weighted by atomic mass is 10.1. The number of thioether (sulfide) groups is 1. The Morgan fingerprint density at radius 1 is 0.967 bits per heavy atom. The quantitative estimate of drug-likeness (QED) is 0.600. The molecule has 1 aromatic heterocycles. The molecule has 0 amide bonds. The zero-order chi connectivity index (χ0) is 20.3. The first-order chi connectivity index (χ1) is 14.8. The topological polar surface area (TPSA) is 55.5 Å². The zero-order valence-corrected chi connectivity index (χ0v) is 17.9. The first-order valence-corrected chi connectivity index (χ1v) is 11.6. The molecule has 0 spiro atoms. The number of ether oxygens (including phenoxy) is 1. The smallest absolute Gasteiger partial charge is 0.212 e. The molecule has 3 aromatic rings. The van der Waals surface area contributed by atoms with Crippen molar-refractivity contribution in [1.29, 1.82) is 0 Å². The van der Waals surface area contributed by atoms with E-state index >= 15 is 0 Å². The van der Waals surface area contributed by atoms with Crippen LogP contribution >= 0.6 is 11.8 Å². The molecule has 0 unspecified atom stereocenters. The normalized spacial score (nSPS) is 16.2. The van der Waals surface area contributed by atoms with Gasteiger partial charge in [-0.2, -0.15) is 9.78 Å². The molecule has 3 heterocycles. The Kier molecular flexibility index (Phi) is 5.45. The van der Waals surface area contributed by atoms with Gasteiger partial charge >= 0.3 is 0 Å². The molecular formula is C23H25N5OS. The molecule has 2 aliphatic rings. The van der Waals surface area contributed by atoms with Crippen LogP contribution in [0.4, 0.5) is 5.69 Å². The first-order valence-electron chi connectivity index (χ1n) is 10.6. The van der Waals surface area contributed by atoms with Crippen LogP contribution in [-0.4, -0.2) is 46.0 Å². The number of aromatic nitrogens is 3. The third-order valence-corrected chi connectivity index (χ3v) is 6.45. The average molecular weight is 420 g/mol. The molecule has 5 rings (SSSR count). The molecule has 0 bridgehead atoms. The summed E-state index contributed by atoms with van der Waals surface area (Å²) < 4.78 is 7.64. The van der Waals surface area contributed by atoms with E-state index in [0.29, 0.717) is 12.4 Å². The van der Waals surface area contributed by atoms with Crippen molar-refractivity contribution in [1.82, 2.24) is 14.9 Å². The standard InChI is InChI=1S/C23H25N5OS/c1-2-29-21-9-5-4-8-19(21)22-24-25-23-28(22)26-20(16-30-23)17-10-12-18(13-11-17)27-14-6-3-7-15-27/h4-5,8-13H,2-3,6-7,14-16H2,1H3. The lowest BCUT2D eigenvalue weighted by molar-refractivity contribution is 0.341. The van der Waals surface area contributed by atoms with Gasteiger partial charge < -0.3 is 9.64 Å². The second-order valence-electron chi connectivity index (χ2n) is 7.48. The largest absolute Gasteiger partial charge is 0.493 e. The summed E-state index contributed by atoms with van der Waals surface area (Å²) in [7, 11) is 0. The highest BCUT2D eigenvalue weighted by Crippen LogP contribution is 2.33. The van der Waals surface area contributed by atoms with E-state index in [1.807, 2.05) is 35.9 Å². The summed E-state index contributed by atoms with van der Waals surface area (Å²) in [5, 5.41) is 14.5. The Balaban J connectivity index is 1.46. The van der Waals surface area contributed by atoms with Crippen molar-refractivity contribution in [3.05, 3.63) is 54.1 Å². The predicted molar refractivity (Wildman–Crippen MR) is 122 cm³/mol. The van der Waals surface area contributed by atoms with Gasteiger partial charge in [-0.25, -0.2) is 0 Å². The summed E-state index contributed by atoms with van der Waals surface area (Å²) in [5.74, 6) is 2.30. The highest BCUT2D eigenvalue weighted by atomic mass is 32.2. The van der Waals surface area contributed by atoms with Crippen molar-refractivity contribution in [2.75, 3.05) is 30.3 Å². The fourth-order valence-corrected chi connectivity index (χ4v) is 4.82. The van der Waals surface area contributed by atoms with Crippen LogP contribution in [0.15, 0.2) is 58.8 Å². The molecule has 0 atom stereocenters. The van der Waals surface area contributed by atoms with Crippen molar-refractivity contribution in [3.63, 3.8) is 0 Å².